The SMILES string of the molecule is CCC(C)C(NC(=O)OC(C)(C)C)C(=O)N(C(C)CCC(C)C)C(C(=O)NC(C)C)c1ccc(C)c(C)c1. The minimum absolute atomic E-state index is 0.0929. The van der Waals surface area contributed by atoms with Crippen molar-refractivity contribution < 1.29 is 19.1 Å². The maximum atomic E-state index is 14.5. The molecule has 3 amide bonds. The summed E-state index contributed by atoms with van der Waals surface area (Å²) < 4.78 is 5.51. The lowest BCUT2D eigenvalue weighted by Gasteiger charge is -2.40. The summed E-state index contributed by atoms with van der Waals surface area (Å²) >= 11 is 0. The van der Waals surface area contributed by atoms with Gasteiger partial charge in [-0.25, -0.2) is 4.79 Å². The Kier molecular flexibility index (Phi) is 12.8. The van der Waals surface area contributed by atoms with Gasteiger partial charge in [-0.05, 0) is 96.8 Å². The molecule has 7 nitrogen and oxygen atoms in total. The van der Waals surface area contributed by atoms with E-state index in [2.05, 4.69) is 24.5 Å². The lowest BCUT2D eigenvalue weighted by atomic mass is 9.92. The van der Waals surface area contributed by atoms with Crippen LogP contribution in [-0.4, -0.2) is 46.5 Å². The topological polar surface area (TPSA) is 87.7 Å². The van der Waals surface area contributed by atoms with Gasteiger partial charge in [0.25, 0.3) is 0 Å². The second kappa shape index (κ2) is 14.5. The van der Waals surface area contributed by atoms with Gasteiger partial charge >= 0.3 is 6.09 Å². The molecule has 7 heteroatoms. The molecule has 0 aliphatic rings. The number of nitrogens with one attached hydrogen (secondary N) is 2. The maximum absolute atomic E-state index is 14.5. The van der Waals surface area contributed by atoms with Crippen LogP contribution < -0.4 is 10.6 Å². The van der Waals surface area contributed by atoms with Crippen molar-refractivity contribution >= 4 is 17.9 Å². The highest BCUT2D eigenvalue weighted by molar-refractivity contribution is 5.92. The van der Waals surface area contributed by atoms with Gasteiger partial charge in [0.15, 0.2) is 0 Å². The predicted octanol–water partition coefficient (Wildman–Crippen LogP) is 6.46. The fourth-order valence-corrected chi connectivity index (χ4v) is 4.33. The van der Waals surface area contributed by atoms with Gasteiger partial charge in [-0.3, -0.25) is 9.59 Å². The molecule has 4 atom stereocenters. The first kappa shape index (κ1) is 33.5. The van der Waals surface area contributed by atoms with Crippen molar-refractivity contribution in [1.29, 1.82) is 0 Å². The molecular formula is C31H53N3O4. The summed E-state index contributed by atoms with van der Waals surface area (Å²) in [6.07, 6.45) is 1.68. The van der Waals surface area contributed by atoms with Gasteiger partial charge in [-0.2, -0.15) is 0 Å². The molecule has 2 N–H and O–H groups in total. The van der Waals surface area contributed by atoms with Crippen LogP contribution in [0.15, 0.2) is 18.2 Å². The monoisotopic (exact) mass is 531 g/mol. The Balaban J connectivity index is 3.69. The van der Waals surface area contributed by atoms with E-state index in [1.54, 1.807) is 25.7 Å². The normalized spacial score (nSPS) is 15.0. The maximum Gasteiger partial charge on any atom is 0.408 e. The Morgan fingerprint density at radius 2 is 1.53 bits per heavy atom. The summed E-state index contributed by atoms with van der Waals surface area (Å²) in [5.41, 5.74) is 2.23. The highest BCUT2D eigenvalue weighted by atomic mass is 16.6. The lowest BCUT2D eigenvalue weighted by Crippen LogP contribution is -2.57. The molecule has 4 unspecified atom stereocenters. The molecule has 0 aliphatic carbocycles. The van der Waals surface area contributed by atoms with Crippen molar-refractivity contribution in [3.63, 3.8) is 0 Å². The van der Waals surface area contributed by atoms with Crippen LogP contribution in [0.4, 0.5) is 4.79 Å². The number of carbonyl (C=O) groups is 3. The third-order valence-corrected chi connectivity index (χ3v) is 6.85. The molecule has 0 bridgehead atoms. The number of alkyl carbamates (subject to hydrolysis) is 1. The van der Waals surface area contributed by atoms with E-state index >= 15 is 0 Å². The van der Waals surface area contributed by atoms with Crippen LogP contribution in [0.1, 0.15) is 111 Å². The first-order chi connectivity index (χ1) is 17.5. The highest BCUT2D eigenvalue weighted by Crippen LogP contribution is 2.30. The molecule has 0 fully saturated rings. The van der Waals surface area contributed by atoms with Gasteiger partial charge in [-0.1, -0.05) is 52.3 Å². The number of ether oxygens (including phenoxy) is 1. The minimum Gasteiger partial charge on any atom is -0.444 e. The summed E-state index contributed by atoms with van der Waals surface area (Å²) in [6.45, 7) is 23.5. The average Bonchev–Trinajstić information content (AvgIpc) is 2.78. The summed E-state index contributed by atoms with van der Waals surface area (Å²) in [7, 11) is 0. The van der Waals surface area contributed by atoms with Crippen LogP contribution in [0, 0.1) is 25.7 Å². The van der Waals surface area contributed by atoms with Gasteiger partial charge in [0.2, 0.25) is 11.8 Å². The molecule has 0 heterocycles. The van der Waals surface area contributed by atoms with Crippen molar-refractivity contribution in [2.75, 3.05) is 0 Å². The van der Waals surface area contributed by atoms with Gasteiger partial charge in [0.1, 0.15) is 17.7 Å². The van der Waals surface area contributed by atoms with E-state index in [1.807, 2.05) is 66.7 Å². The standard InChI is InChI=1S/C31H53N3O4/c1-13-21(6)26(33-30(37)38-31(10,11)12)29(36)34(24(9)16-14-19(2)3)27(28(35)32-20(4)5)25-17-15-22(7)23(8)18-25/h15,17-21,24,26-27H,13-14,16H2,1-12H3,(H,32,35)(H,33,37). The predicted molar refractivity (Wildman–Crippen MR) is 155 cm³/mol. The zero-order chi connectivity index (χ0) is 29.4. The summed E-state index contributed by atoms with van der Waals surface area (Å²) in [5.74, 6) is -0.218. The molecular weight excluding hydrogens is 478 g/mol. The number of carbonyl (C=O) groups excluding carboxylic acids is 3. The van der Waals surface area contributed by atoms with E-state index in [9.17, 15) is 14.4 Å². The first-order valence-corrected chi connectivity index (χ1v) is 14.2. The first-order valence-electron chi connectivity index (χ1n) is 14.2. The summed E-state index contributed by atoms with van der Waals surface area (Å²) in [6, 6.07) is 3.92. The fourth-order valence-electron chi connectivity index (χ4n) is 4.33. The third-order valence-electron chi connectivity index (χ3n) is 6.85. The Labute approximate surface area is 231 Å². The zero-order valence-electron chi connectivity index (χ0n) is 25.9. The Bertz CT molecular complexity index is 936. The number of aryl methyl sites for hydroxylation is 2. The van der Waals surface area contributed by atoms with E-state index < -0.39 is 23.8 Å². The Hall–Kier alpha value is -2.57. The number of hydrogen-bond acceptors (Lipinski definition) is 4. The van der Waals surface area contributed by atoms with Crippen molar-refractivity contribution in [2.45, 2.75) is 132 Å². The molecule has 0 saturated heterocycles. The molecule has 1 aromatic carbocycles. The molecule has 1 aromatic rings. The van der Waals surface area contributed by atoms with E-state index in [0.29, 0.717) is 12.3 Å². The van der Waals surface area contributed by atoms with Gasteiger partial charge in [-0.15, -0.1) is 0 Å². The highest BCUT2D eigenvalue weighted by Gasteiger charge is 2.40. The van der Waals surface area contributed by atoms with Crippen molar-refractivity contribution in [3.8, 4) is 0 Å². The number of nitrogens with zero attached hydrogens (tertiary/aromatic N) is 1. The van der Waals surface area contributed by atoms with Crippen molar-refractivity contribution in [3.05, 3.63) is 34.9 Å². The van der Waals surface area contributed by atoms with Crippen molar-refractivity contribution in [2.24, 2.45) is 11.8 Å². The second-order valence-electron chi connectivity index (χ2n) is 12.5. The van der Waals surface area contributed by atoms with E-state index in [0.717, 1.165) is 29.5 Å². The van der Waals surface area contributed by atoms with Gasteiger partial charge in [0.05, 0.1) is 0 Å². The zero-order valence-corrected chi connectivity index (χ0v) is 25.9. The molecule has 0 aliphatic heterocycles. The minimum atomic E-state index is -0.836. The van der Waals surface area contributed by atoms with Crippen LogP contribution in [-0.2, 0) is 14.3 Å². The molecule has 216 valence electrons. The average molecular weight is 532 g/mol. The quantitative estimate of drug-likeness (QED) is 0.324. The lowest BCUT2D eigenvalue weighted by molar-refractivity contribution is -0.146. The van der Waals surface area contributed by atoms with Gasteiger partial charge in [0, 0.05) is 12.1 Å². The molecule has 0 spiro atoms. The summed E-state index contributed by atoms with van der Waals surface area (Å²) in [5, 5.41) is 5.89. The number of benzene rings is 1. The van der Waals surface area contributed by atoms with Crippen LogP contribution in [0.5, 0.6) is 0 Å². The number of amides is 3. The van der Waals surface area contributed by atoms with Crippen molar-refractivity contribution in [1.82, 2.24) is 15.5 Å². The van der Waals surface area contributed by atoms with Crippen LogP contribution >= 0.6 is 0 Å². The van der Waals surface area contributed by atoms with Gasteiger partial charge < -0.3 is 20.3 Å². The van der Waals surface area contributed by atoms with E-state index in [-0.39, 0.29) is 29.8 Å². The molecule has 0 radical (unpaired) electrons. The largest absolute Gasteiger partial charge is 0.444 e. The smallest absolute Gasteiger partial charge is 0.408 e. The van der Waals surface area contributed by atoms with Crippen LogP contribution in [0.2, 0.25) is 0 Å². The molecule has 0 saturated carbocycles. The number of rotatable bonds is 12. The van der Waals surface area contributed by atoms with E-state index in [4.69, 9.17) is 4.74 Å². The Morgan fingerprint density at radius 3 is 2.00 bits per heavy atom. The second-order valence-corrected chi connectivity index (χ2v) is 12.5. The molecule has 38 heavy (non-hydrogen) atoms. The van der Waals surface area contributed by atoms with Crippen LogP contribution in [0.25, 0.3) is 0 Å². The molecule has 0 aromatic heterocycles. The Morgan fingerprint density at radius 1 is 0.921 bits per heavy atom. The number of hydrogen-bond donors (Lipinski definition) is 2. The summed E-state index contributed by atoms with van der Waals surface area (Å²) in [4.78, 5) is 42.8. The third kappa shape index (κ3) is 10.3. The molecule has 1 rings (SSSR count). The van der Waals surface area contributed by atoms with Crippen LogP contribution in [0.3, 0.4) is 0 Å². The fraction of sp³-hybridized carbons (Fsp3) is 0.710. The van der Waals surface area contributed by atoms with E-state index in [1.165, 1.54) is 0 Å².